The maximum atomic E-state index is 6.06. The Kier molecular flexibility index (Phi) is 6.29. The zero-order valence-corrected chi connectivity index (χ0v) is 16.6. The van der Waals surface area contributed by atoms with Crippen molar-refractivity contribution in [3.05, 3.63) is 53.2 Å². The van der Waals surface area contributed by atoms with Gasteiger partial charge in [-0.25, -0.2) is 9.98 Å². The highest BCUT2D eigenvalue weighted by molar-refractivity contribution is 5.92. The van der Waals surface area contributed by atoms with E-state index >= 15 is 0 Å². The number of rotatable bonds is 5. The number of nitrogens with zero attached hydrogens (tertiary/aromatic N) is 4. The lowest BCUT2D eigenvalue weighted by Gasteiger charge is -2.34. The number of anilines is 2. The highest BCUT2D eigenvalue weighted by Crippen LogP contribution is 2.16. The minimum Gasteiger partial charge on any atom is -0.370 e. The van der Waals surface area contributed by atoms with Gasteiger partial charge in [0.15, 0.2) is 5.96 Å². The van der Waals surface area contributed by atoms with Crippen LogP contribution in [-0.2, 0) is 6.54 Å². The van der Waals surface area contributed by atoms with Crippen LogP contribution in [0.4, 0.5) is 11.5 Å². The Balaban J connectivity index is 1.60. The molecule has 0 saturated carbocycles. The first-order valence-corrected chi connectivity index (χ1v) is 9.61. The SMILES string of the molecule is CCN1CCN(c2cc(CN=C(N)Nc3ccc(C)c(C)c3)ccn2)CC1. The van der Waals surface area contributed by atoms with Gasteiger partial charge in [-0.05, 0) is 61.3 Å². The predicted molar refractivity (Wildman–Crippen MR) is 113 cm³/mol. The number of nitrogens with one attached hydrogen (secondary N) is 1. The first-order chi connectivity index (χ1) is 13.0. The molecule has 1 aromatic heterocycles. The summed E-state index contributed by atoms with van der Waals surface area (Å²) in [6, 6.07) is 10.3. The Hall–Kier alpha value is -2.60. The van der Waals surface area contributed by atoms with E-state index < -0.39 is 0 Å². The first-order valence-electron chi connectivity index (χ1n) is 9.61. The molecule has 6 heteroatoms. The highest BCUT2D eigenvalue weighted by Gasteiger charge is 2.16. The summed E-state index contributed by atoms with van der Waals surface area (Å²) in [6.07, 6.45) is 1.86. The average Bonchev–Trinajstić information content (AvgIpc) is 2.69. The van der Waals surface area contributed by atoms with E-state index in [-0.39, 0.29) is 0 Å². The van der Waals surface area contributed by atoms with E-state index in [1.807, 2.05) is 18.3 Å². The van der Waals surface area contributed by atoms with Crippen LogP contribution in [0.3, 0.4) is 0 Å². The van der Waals surface area contributed by atoms with Gasteiger partial charge in [0.05, 0.1) is 6.54 Å². The molecule has 0 amide bonds. The lowest BCUT2D eigenvalue weighted by molar-refractivity contribution is 0.270. The lowest BCUT2D eigenvalue weighted by Crippen LogP contribution is -2.46. The van der Waals surface area contributed by atoms with Crippen molar-refractivity contribution in [1.29, 1.82) is 0 Å². The van der Waals surface area contributed by atoms with Crippen LogP contribution in [0.2, 0.25) is 0 Å². The summed E-state index contributed by atoms with van der Waals surface area (Å²) in [6.45, 7) is 12.3. The number of nitrogens with two attached hydrogens (primary N) is 1. The van der Waals surface area contributed by atoms with Crippen LogP contribution >= 0.6 is 0 Å². The molecule has 144 valence electrons. The molecule has 2 aromatic rings. The molecule has 0 radical (unpaired) electrons. The minimum atomic E-state index is 0.424. The Morgan fingerprint density at radius 1 is 1.11 bits per heavy atom. The maximum Gasteiger partial charge on any atom is 0.193 e. The van der Waals surface area contributed by atoms with Crippen LogP contribution in [0, 0.1) is 13.8 Å². The number of pyridine rings is 1. The number of aromatic nitrogens is 1. The number of guanidine groups is 1. The average molecular weight is 367 g/mol. The van der Waals surface area contributed by atoms with Crippen molar-refractivity contribution in [2.24, 2.45) is 10.7 Å². The second-order valence-electron chi connectivity index (χ2n) is 7.07. The predicted octanol–water partition coefficient (Wildman–Crippen LogP) is 2.77. The molecule has 0 spiro atoms. The van der Waals surface area contributed by atoms with Gasteiger partial charge in [-0.1, -0.05) is 13.0 Å². The van der Waals surface area contributed by atoms with Gasteiger partial charge in [-0.15, -0.1) is 0 Å². The molecule has 3 rings (SSSR count). The molecule has 3 N–H and O–H groups in total. The fourth-order valence-electron chi connectivity index (χ4n) is 3.21. The van der Waals surface area contributed by atoms with Crippen molar-refractivity contribution in [2.45, 2.75) is 27.3 Å². The van der Waals surface area contributed by atoms with E-state index in [9.17, 15) is 0 Å². The van der Waals surface area contributed by atoms with E-state index in [0.29, 0.717) is 12.5 Å². The molecule has 1 saturated heterocycles. The maximum absolute atomic E-state index is 6.06. The first kappa shape index (κ1) is 19.2. The van der Waals surface area contributed by atoms with Gasteiger partial charge in [-0.3, -0.25) is 0 Å². The van der Waals surface area contributed by atoms with Crippen molar-refractivity contribution in [3.63, 3.8) is 0 Å². The summed E-state index contributed by atoms with van der Waals surface area (Å²) >= 11 is 0. The normalized spacial score (nSPS) is 15.8. The third-order valence-electron chi connectivity index (χ3n) is 5.16. The van der Waals surface area contributed by atoms with Crippen molar-refractivity contribution in [3.8, 4) is 0 Å². The quantitative estimate of drug-likeness (QED) is 0.629. The number of hydrogen-bond donors (Lipinski definition) is 2. The number of hydrogen-bond acceptors (Lipinski definition) is 4. The van der Waals surface area contributed by atoms with Crippen molar-refractivity contribution < 1.29 is 0 Å². The monoisotopic (exact) mass is 366 g/mol. The van der Waals surface area contributed by atoms with Gasteiger partial charge in [0.2, 0.25) is 0 Å². The van der Waals surface area contributed by atoms with E-state index in [1.54, 1.807) is 0 Å². The molecule has 0 aliphatic carbocycles. The molecule has 0 unspecified atom stereocenters. The molecule has 27 heavy (non-hydrogen) atoms. The van der Waals surface area contributed by atoms with Crippen molar-refractivity contribution >= 4 is 17.5 Å². The van der Waals surface area contributed by atoms with Gasteiger partial charge in [0, 0.05) is 38.1 Å². The van der Waals surface area contributed by atoms with Gasteiger partial charge < -0.3 is 20.9 Å². The summed E-state index contributed by atoms with van der Waals surface area (Å²) in [5.41, 5.74) is 10.6. The second kappa shape index (κ2) is 8.86. The number of piperazine rings is 1. The molecule has 2 heterocycles. The van der Waals surface area contributed by atoms with Crippen molar-refractivity contribution in [1.82, 2.24) is 9.88 Å². The number of benzene rings is 1. The van der Waals surface area contributed by atoms with Gasteiger partial charge in [0.1, 0.15) is 5.82 Å². The summed E-state index contributed by atoms with van der Waals surface area (Å²) in [5.74, 6) is 1.45. The molecule has 0 bridgehead atoms. The van der Waals surface area contributed by atoms with E-state index in [2.05, 4.69) is 64.1 Å². The van der Waals surface area contributed by atoms with Gasteiger partial charge in [-0.2, -0.15) is 0 Å². The van der Waals surface area contributed by atoms with Gasteiger partial charge >= 0.3 is 0 Å². The summed E-state index contributed by atoms with van der Waals surface area (Å²) in [5, 5.41) is 3.17. The number of aliphatic imine (C=N–C) groups is 1. The van der Waals surface area contributed by atoms with Crippen LogP contribution in [-0.4, -0.2) is 48.6 Å². The largest absolute Gasteiger partial charge is 0.370 e. The van der Waals surface area contributed by atoms with Crippen LogP contribution in [0.25, 0.3) is 0 Å². The zero-order chi connectivity index (χ0) is 19.2. The molecule has 1 aliphatic heterocycles. The smallest absolute Gasteiger partial charge is 0.193 e. The third-order valence-corrected chi connectivity index (χ3v) is 5.16. The molecule has 0 atom stereocenters. The Labute approximate surface area is 162 Å². The fraction of sp³-hybridized carbons (Fsp3) is 0.429. The third kappa shape index (κ3) is 5.20. The van der Waals surface area contributed by atoms with Crippen molar-refractivity contribution in [2.75, 3.05) is 42.9 Å². The Morgan fingerprint density at radius 3 is 2.59 bits per heavy atom. The highest BCUT2D eigenvalue weighted by atomic mass is 15.3. The van der Waals surface area contributed by atoms with Crippen LogP contribution in [0.5, 0.6) is 0 Å². The molecular weight excluding hydrogens is 336 g/mol. The summed E-state index contributed by atoms with van der Waals surface area (Å²) in [7, 11) is 0. The van der Waals surface area contributed by atoms with E-state index in [1.165, 1.54) is 11.1 Å². The fourth-order valence-corrected chi connectivity index (χ4v) is 3.21. The van der Waals surface area contributed by atoms with E-state index in [4.69, 9.17) is 5.73 Å². The van der Waals surface area contributed by atoms with Crippen LogP contribution < -0.4 is 16.0 Å². The Morgan fingerprint density at radius 2 is 1.89 bits per heavy atom. The summed E-state index contributed by atoms with van der Waals surface area (Å²) < 4.78 is 0. The molecule has 1 aliphatic rings. The van der Waals surface area contributed by atoms with E-state index in [0.717, 1.165) is 49.8 Å². The number of likely N-dealkylation sites (N-methyl/N-ethyl adjacent to an activating group) is 1. The minimum absolute atomic E-state index is 0.424. The molecule has 6 nitrogen and oxygen atoms in total. The standard InChI is InChI=1S/C21H30N6/c1-4-26-9-11-27(12-10-26)20-14-18(7-8-23-20)15-24-21(22)25-19-6-5-16(2)17(3)13-19/h5-8,13-14H,4,9-12,15H2,1-3H3,(H3,22,24,25). The molecule has 1 fully saturated rings. The Bertz CT molecular complexity index is 793. The number of aryl methyl sites for hydroxylation is 2. The topological polar surface area (TPSA) is 69.8 Å². The zero-order valence-electron chi connectivity index (χ0n) is 16.6. The van der Waals surface area contributed by atoms with Crippen LogP contribution in [0.1, 0.15) is 23.6 Å². The summed E-state index contributed by atoms with van der Waals surface area (Å²) in [4.78, 5) is 13.8. The lowest BCUT2D eigenvalue weighted by atomic mass is 10.1. The second-order valence-corrected chi connectivity index (χ2v) is 7.07. The molecule has 1 aromatic carbocycles. The van der Waals surface area contributed by atoms with Crippen LogP contribution in [0.15, 0.2) is 41.5 Å². The van der Waals surface area contributed by atoms with Gasteiger partial charge in [0.25, 0.3) is 0 Å². The molecular formula is C21H30N6.